The van der Waals surface area contributed by atoms with E-state index in [2.05, 4.69) is 55.3 Å². The summed E-state index contributed by atoms with van der Waals surface area (Å²) in [6, 6.07) is 9.61. The van der Waals surface area contributed by atoms with E-state index in [1.807, 2.05) is 0 Å². The number of nitrogens with zero attached hydrogens (tertiary/aromatic N) is 1. The molecule has 3 atom stereocenters. The number of para-hydroxylation sites is 1. The van der Waals surface area contributed by atoms with Crippen molar-refractivity contribution in [2.75, 3.05) is 19.7 Å². The van der Waals surface area contributed by atoms with Crippen LogP contribution in [0.4, 0.5) is 0 Å². The van der Waals surface area contributed by atoms with E-state index >= 15 is 0 Å². The average Bonchev–Trinajstić information content (AvgIpc) is 2.49. The van der Waals surface area contributed by atoms with Crippen LogP contribution < -0.4 is 10.1 Å². The summed E-state index contributed by atoms with van der Waals surface area (Å²) in [6.07, 6.45) is 2.27. The number of hydrogen-bond donors (Lipinski definition) is 1. The van der Waals surface area contributed by atoms with Gasteiger partial charge in [-0.25, -0.2) is 0 Å². The van der Waals surface area contributed by atoms with Crippen molar-refractivity contribution in [3.8, 4) is 5.75 Å². The molecule has 3 heteroatoms. The van der Waals surface area contributed by atoms with E-state index < -0.39 is 0 Å². The molecule has 0 aliphatic carbocycles. The van der Waals surface area contributed by atoms with Gasteiger partial charge >= 0.3 is 0 Å². The third-order valence-corrected chi connectivity index (χ3v) is 5.03. The van der Waals surface area contributed by atoms with E-state index in [1.54, 1.807) is 0 Å². The van der Waals surface area contributed by atoms with Gasteiger partial charge in [0.2, 0.25) is 0 Å². The Morgan fingerprint density at radius 3 is 3.00 bits per heavy atom. The Bertz CT molecular complexity index is 476. The van der Waals surface area contributed by atoms with E-state index in [4.69, 9.17) is 4.74 Å². The van der Waals surface area contributed by atoms with Gasteiger partial charge in [-0.3, -0.25) is 4.90 Å². The fourth-order valence-electron chi connectivity index (χ4n) is 3.45. The zero-order valence-corrected chi connectivity index (χ0v) is 12.9. The van der Waals surface area contributed by atoms with Crippen molar-refractivity contribution < 1.29 is 4.74 Å². The van der Waals surface area contributed by atoms with Crippen molar-refractivity contribution in [1.82, 2.24) is 10.2 Å². The Hall–Kier alpha value is -1.06. The van der Waals surface area contributed by atoms with Gasteiger partial charge in [-0.1, -0.05) is 25.1 Å². The molecule has 0 radical (unpaired) electrons. The fraction of sp³-hybridized carbons (Fsp3) is 0.647. The lowest BCUT2D eigenvalue weighted by molar-refractivity contribution is 0.0354. The van der Waals surface area contributed by atoms with Gasteiger partial charge in [0.1, 0.15) is 5.75 Å². The maximum atomic E-state index is 5.82. The van der Waals surface area contributed by atoms with Gasteiger partial charge in [0.25, 0.3) is 0 Å². The monoisotopic (exact) mass is 274 g/mol. The van der Waals surface area contributed by atoms with Crippen LogP contribution in [0.5, 0.6) is 5.75 Å². The standard InChI is InChI=1S/C17H26N2O/c1-4-17(3)12-19(13(2)11-18-17)15-9-10-20-16-8-6-5-7-14(15)16/h5-8,13,15,18H,4,9-12H2,1-3H3. The van der Waals surface area contributed by atoms with Crippen molar-refractivity contribution >= 4 is 0 Å². The second-order valence-corrected chi connectivity index (χ2v) is 6.51. The molecule has 0 spiro atoms. The quantitative estimate of drug-likeness (QED) is 0.897. The number of rotatable bonds is 2. The average molecular weight is 274 g/mol. The van der Waals surface area contributed by atoms with E-state index in [9.17, 15) is 0 Å². The van der Waals surface area contributed by atoms with Gasteiger partial charge in [-0.05, 0) is 26.3 Å². The number of benzene rings is 1. The highest BCUT2D eigenvalue weighted by atomic mass is 16.5. The molecule has 0 saturated carbocycles. The second-order valence-electron chi connectivity index (χ2n) is 6.51. The number of nitrogens with one attached hydrogen (secondary N) is 1. The summed E-state index contributed by atoms with van der Waals surface area (Å²) >= 11 is 0. The molecule has 1 saturated heterocycles. The van der Waals surface area contributed by atoms with Gasteiger partial charge in [-0.2, -0.15) is 0 Å². The molecule has 3 unspecified atom stereocenters. The van der Waals surface area contributed by atoms with Crippen LogP contribution in [0.3, 0.4) is 0 Å². The summed E-state index contributed by atoms with van der Waals surface area (Å²) in [6.45, 7) is 9.98. The lowest BCUT2D eigenvalue weighted by Gasteiger charge is -2.49. The number of fused-ring (bicyclic) bond motifs is 1. The minimum Gasteiger partial charge on any atom is -0.493 e. The predicted molar refractivity (Wildman–Crippen MR) is 82.2 cm³/mol. The topological polar surface area (TPSA) is 24.5 Å². The molecular formula is C17H26N2O. The first-order chi connectivity index (χ1) is 9.63. The summed E-state index contributed by atoms with van der Waals surface area (Å²) in [7, 11) is 0. The summed E-state index contributed by atoms with van der Waals surface area (Å²) in [5, 5.41) is 3.72. The SMILES string of the molecule is CCC1(C)CN(C2CCOc3ccccc32)C(C)CN1. The molecule has 1 N–H and O–H groups in total. The van der Waals surface area contributed by atoms with Gasteiger partial charge in [-0.15, -0.1) is 0 Å². The van der Waals surface area contributed by atoms with Crippen molar-refractivity contribution in [2.45, 2.75) is 51.2 Å². The van der Waals surface area contributed by atoms with Crippen LogP contribution in [-0.2, 0) is 0 Å². The van der Waals surface area contributed by atoms with Gasteiger partial charge in [0, 0.05) is 42.7 Å². The molecule has 20 heavy (non-hydrogen) atoms. The van der Waals surface area contributed by atoms with Gasteiger partial charge in [0.05, 0.1) is 6.61 Å². The fourth-order valence-corrected chi connectivity index (χ4v) is 3.45. The molecule has 1 fully saturated rings. The number of hydrogen-bond acceptors (Lipinski definition) is 3. The smallest absolute Gasteiger partial charge is 0.124 e. The second kappa shape index (κ2) is 5.38. The molecule has 2 aliphatic heterocycles. The summed E-state index contributed by atoms with van der Waals surface area (Å²) < 4.78 is 5.82. The van der Waals surface area contributed by atoms with Crippen LogP contribution >= 0.6 is 0 Å². The molecule has 1 aromatic carbocycles. The number of ether oxygens (including phenoxy) is 1. The van der Waals surface area contributed by atoms with Crippen LogP contribution in [0.15, 0.2) is 24.3 Å². The maximum Gasteiger partial charge on any atom is 0.124 e. The zero-order valence-electron chi connectivity index (χ0n) is 12.9. The molecule has 110 valence electrons. The first-order valence-electron chi connectivity index (χ1n) is 7.85. The zero-order chi connectivity index (χ0) is 14.2. The van der Waals surface area contributed by atoms with Crippen molar-refractivity contribution in [3.05, 3.63) is 29.8 Å². The first-order valence-corrected chi connectivity index (χ1v) is 7.85. The Morgan fingerprint density at radius 2 is 2.20 bits per heavy atom. The van der Waals surface area contributed by atoms with Gasteiger partial charge < -0.3 is 10.1 Å². The maximum absolute atomic E-state index is 5.82. The highest BCUT2D eigenvalue weighted by Gasteiger charge is 2.38. The Morgan fingerprint density at radius 1 is 1.40 bits per heavy atom. The van der Waals surface area contributed by atoms with Crippen molar-refractivity contribution in [3.63, 3.8) is 0 Å². The van der Waals surface area contributed by atoms with Crippen LogP contribution in [0.1, 0.15) is 45.2 Å². The largest absolute Gasteiger partial charge is 0.493 e. The van der Waals surface area contributed by atoms with Crippen LogP contribution in [-0.4, -0.2) is 36.2 Å². The molecule has 1 aromatic rings. The molecule has 0 amide bonds. The first kappa shape index (κ1) is 13.9. The minimum atomic E-state index is 0.236. The van der Waals surface area contributed by atoms with Crippen molar-refractivity contribution in [2.24, 2.45) is 0 Å². The molecule has 3 nitrogen and oxygen atoms in total. The van der Waals surface area contributed by atoms with Crippen molar-refractivity contribution in [1.29, 1.82) is 0 Å². The molecule has 2 aliphatic rings. The summed E-state index contributed by atoms with van der Waals surface area (Å²) in [4.78, 5) is 2.68. The van der Waals surface area contributed by atoms with E-state index in [0.29, 0.717) is 12.1 Å². The molecule has 3 rings (SSSR count). The van der Waals surface area contributed by atoms with E-state index in [0.717, 1.165) is 31.9 Å². The predicted octanol–water partition coefficient (Wildman–Crippen LogP) is 2.97. The van der Waals surface area contributed by atoms with Gasteiger partial charge in [0.15, 0.2) is 0 Å². The van der Waals surface area contributed by atoms with E-state index in [-0.39, 0.29) is 5.54 Å². The van der Waals surface area contributed by atoms with Crippen LogP contribution in [0, 0.1) is 0 Å². The Balaban J connectivity index is 1.88. The lowest BCUT2D eigenvalue weighted by Crippen LogP contribution is -2.62. The highest BCUT2D eigenvalue weighted by molar-refractivity contribution is 5.37. The number of piperazine rings is 1. The minimum absolute atomic E-state index is 0.236. The normalized spacial score (nSPS) is 34.4. The third kappa shape index (κ3) is 2.45. The Labute approximate surface area is 122 Å². The van der Waals surface area contributed by atoms with E-state index in [1.165, 1.54) is 12.0 Å². The molecule has 2 heterocycles. The molecule has 0 aromatic heterocycles. The summed E-state index contributed by atoms with van der Waals surface area (Å²) in [5.41, 5.74) is 1.60. The molecular weight excluding hydrogens is 248 g/mol. The van der Waals surface area contributed by atoms with Crippen LogP contribution in [0.25, 0.3) is 0 Å². The highest BCUT2D eigenvalue weighted by Crippen LogP contribution is 2.38. The lowest BCUT2D eigenvalue weighted by atomic mass is 9.89. The summed E-state index contributed by atoms with van der Waals surface area (Å²) in [5.74, 6) is 1.08. The Kier molecular flexibility index (Phi) is 3.74. The third-order valence-electron chi connectivity index (χ3n) is 5.03. The van der Waals surface area contributed by atoms with Crippen LogP contribution in [0.2, 0.25) is 0 Å². The molecule has 0 bridgehead atoms.